The van der Waals surface area contributed by atoms with Crippen LogP contribution in [-0.4, -0.2) is 18.5 Å². The van der Waals surface area contributed by atoms with Crippen molar-refractivity contribution in [2.45, 2.75) is 46.0 Å². The molecule has 0 radical (unpaired) electrons. The van der Waals surface area contributed by atoms with Gasteiger partial charge < -0.3 is 10.1 Å². The van der Waals surface area contributed by atoms with Crippen LogP contribution in [-0.2, 0) is 14.3 Å². The topological polar surface area (TPSA) is 55.4 Å². The van der Waals surface area contributed by atoms with E-state index in [1.54, 1.807) is 0 Å². The maximum Gasteiger partial charge on any atom is 0.306 e. The molecule has 4 nitrogen and oxygen atoms in total. The Morgan fingerprint density at radius 3 is 2.67 bits per heavy atom. The van der Waals surface area contributed by atoms with Crippen molar-refractivity contribution >= 4 is 17.6 Å². The fourth-order valence-electron chi connectivity index (χ4n) is 2.71. The highest BCUT2D eigenvalue weighted by molar-refractivity contribution is 5.93. The van der Waals surface area contributed by atoms with Crippen LogP contribution < -0.4 is 5.32 Å². The molecule has 1 aliphatic carbocycles. The van der Waals surface area contributed by atoms with Gasteiger partial charge in [-0.15, -0.1) is 0 Å². The summed E-state index contributed by atoms with van der Waals surface area (Å²) >= 11 is 0. The number of esters is 1. The van der Waals surface area contributed by atoms with Gasteiger partial charge in [0.2, 0.25) is 0 Å². The van der Waals surface area contributed by atoms with Crippen LogP contribution >= 0.6 is 0 Å². The van der Waals surface area contributed by atoms with Crippen LogP contribution in [0, 0.1) is 19.8 Å². The molecule has 1 aliphatic rings. The van der Waals surface area contributed by atoms with Crippen LogP contribution in [0.5, 0.6) is 0 Å². The lowest BCUT2D eigenvalue weighted by atomic mass is 10.0. The van der Waals surface area contributed by atoms with E-state index in [1.807, 2.05) is 32.0 Å². The fourth-order valence-corrected chi connectivity index (χ4v) is 2.71. The summed E-state index contributed by atoms with van der Waals surface area (Å²) in [5, 5.41) is 2.78. The summed E-state index contributed by atoms with van der Waals surface area (Å²) < 4.78 is 5.06. The van der Waals surface area contributed by atoms with Crippen LogP contribution in [0.4, 0.5) is 5.69 Å². The molecule has 1 N–H and O–H groups in total. The molecule has 0 heterocycles. The van der Waals surface area contributed by atoms with E-state index >= 15 is 0 Å². The van der Waals surface area contributed by atoms with E-state index in [1.165, 1.54) is 12.8 Å². The lowest BCUT2D eigenvalue weighted by molar-refractivity contribution is -0.148. The second-order valence-corrected chi connectivity index (χ2v) is 5.88. The Bertz CT molecular complexity index is 519. The normalized spacial score (nSPS) is 15.0. The molecular formula is C17H23NO3. The molecule has 0 unspecified atom stereocenters. The van der Waals surface area contributed by atoms with Gasteiger partial charge in [-0.3, -0.25) is 9.59 Å². The zero-order chi connectivity index (χ0) is 15.2. The third-order valence-corrected chi connectivity index (χ3v) is 3.96. The maximum absolute atomic E-state index is 11.8. The van der Waals surface area contributed by atoms with Crippen molar-refractivity contribution in [1.82, 2.24) is 0 Å². The Hall–Kier alpha value is -1.84. The molecule has 4 heteroatoms. The van der Waals surface area contributed by atoms with Gasteiger partial charge in [0, 0.05) is 12.1 Å². The van der Waals surface area contributed by atoms with Crippen molar-refractivity contribution in [3.63, 3.8) is 0 Å². The number of anilines is 1. The Balaban J connectivity index is 1.76. The number of amides is 1. The average Bonchev–Trinajstić information content (AvgIpc) is 2.93. The van der Waals surface area contributed by atoms with E-state index in [4.69, 9.17) is 4.74 Å². The molecule has 0 bridgehead atoms. The number of hydrogen-bond donors (Lipinski definition) is 1. The fraction of sp³-hybridized carbons (Fsp3) is 0.529. The zero-order valence-electron chi connectivity index (χ0n) is 12.8. The van der Waals surface area contributed by atoms with Gasteiger partial charge >= 0.3 is 5.97 Å². The van der Waals surface area contributed by atoms with E-state index in [2.05, 4.69) is 5.32 Å². The molecule has 0 saturated heterocycles. The van der Waals surface area contributed by atoms with Crippen LogP contribution in [0.15, 0.2) is 18.2 Å². The Morgan fingerprint density at radius 2 is 1.95 bits per heavy atom. The molecule has 21 heavy (non-hydrogen) atoms. The standard InChI is InChI=1S/C17H23NO3/c1-12-7-8-13(2)15(9-12)18-16(19)11-21-17(20)10-14-5-3-4-6-14/h7-9,14H,3-6,10-11H2,1-2H3,(H,18,19). The van der Waals surface area contributed by atoms with Gasteiger partial charge in [0.15, 0.2) is 6.61 Å². The van der Waals surface area contributed by atoms with Crippen LogP contribution in [0.2, 0.25) is 0 Å². The monoisotopic (exact) mass is 289 g/mol. The van der Waals surface area contributed by atoms with Crippen LogP contribution in [0.1, 0.15) is 43.2 Å². The summed E-state index contributed by atoms with van der Waals surface area (Å²) in [5.41, 5.74) is 2.84. The summed E-state index contributed by atoms with van der Waals surface area (Å²) in [6.45, 7) is 3.69. The second-order valence-electron chi connectivity index (χ2n) is 5.88. The second kappa shape index (κ2) is 7.25. The van der Waals surface area contributed by atoms with Gasteiger partial charge in [0.1, 0.15) is 0 Å². The predicted molar refractivity (Wildman–Crippen MR) is 82.1 cm³/mol. The summed E-state index contributed by atoms with van der Waals surface area (Å²) in [7, 11) is 0. The van der Waals surface area contributed by atoms with Gasteiger partial charge in [-0.05, 0) is 49.8 Å². The molecule has 1 fully saturated rings. The molecule has 1 aromatic rings. The van der Waals surface area contributed by atoms with Crippen molar-refractivity contribution < 1.29 is 14.3 Å². The first-order chi connectivity index (χ1) is 10.0. The minimum Gasteiger partial charge on any atom is -0.456 e. The molecule has 1 aromatic carbocycles. The lowest BCUT2D eigenvalue weighted by Gasteiger charge is -2.11. The Labute approximate surface area is 125 Å². The summed E-state index contributed by atoms with van der Waals surface area (Å²) in [6.07, 6.45) is 5.04. The third kappa shape index (κ3) is 4.88. The average molecular weight is 289 g/mol. The highest BCUT2D eigenvalue weighted by Crippen LogP contribution is 2.27. The number of rotatable bonds is 5. The smallest absolute Gasteiger partial charge is 0.306 e. The maximum atomic E-state index is 11.8. The molecule has 114 valence electrons. The third-order valence-electron chi connectivity index (χ3n) is 3.96. The number of nitrogens with one attached hydrogen (secondary N) is 1. The van der Waals surface area contributed by atoms with E-state index in [-0.39, 0.29) is 18.5 Å². The van der Waals surface area contributed by atoms with E-state index in [9.17, 15) is 9.59 Å². The van der Waals surface area contributed by atoms with Crippen molar-refractivity contribution in [1.29, 1.82) is 0 Å². The Morgan fingerprint density at radius 1 is 1.24 bits per heavy atom. The van der Waals surface area contributed by atoms with Crippen molar-refractivity contribution in [3.05, 3.63) is 29.3 Å². The molecule has 1 amide bonds. The number of ether oxygens (including phenoxy) is 1. The molecule has 0 atom stereocenters. The molecule has 0 aromatic heterocycles. The van der Waals surface area contributed by atoms with Crippen molar-refractivity contribution in [2.24, 2.45) is 5.92 Å². The summed E-state index contributed by atoms with van der Waals surface area (Å²) in [5.74, 6) is -0.110. The minimum atomic E-state index is -0.288. The highest BCUT2D eigenvalue weighted by atomic mass is 16.5. The van der Waals surface area contributed by atoms with Gasteiger partial charge in [-0.2, -0.15) is 0 Å². The number of hydrogen-bond acceptors (Lipinski definition) is 3. The van der Waals surface area contributed by atoms with E-state index < -0.39 is 0 Å². The predicted octanol–water partition coefficient (Wildman–Crippen LogP) is 3.37. The molecule has 1 saturated carbocycles. The van der Waals surface area contributed by atoms with Crippen LogP contribution in [0.3, 0.4) is 0 Å². The first-order valence-corrected chi connectivity index (χ1v) is 7.57. The van der Waals surface area contributed by atoms with Crippen molar-refractivity contribution in [2.75, 3.05) is 11.9 Å². The zero-order valence-corrected chi connectivity index (χ0v) is 12.8. The number of carbonyl (C=O) groups excluding carboxylic acids is 2. The lowest BCUT2D eigenvalue weighted by Crippen LogP contribution is -2.22. The summed E-state index contributed by atoms with van der Waals surface area (Å²) in [6, 6.07) is 5.86. The quantitative estimate of drug-likeness (QED) is 0.846. The summed E-state index contributed by atoms with van der Waals surface area (Å²) in [4.78, 5) is 23.5. The first kappa shape index (κ1) is 15.5. The number of aryl methyl sites for hydroxylation is 2. The first-order valence-electron chi connectivity index (χ1n) is 7.57. The number of carbonyl (C=O) groups is 2. The molecule has 0 aliphatic heterocycles. The van der Waals surface area contributed by atoms with Crippen molar-refractivity contribution in [3.8, 4) is 0 Å². The minimum absolute atomic E-state index is 0.209. The van der Waals surface area contributed by atoms with Crippen LogP contribution in [0.25, 0.3) is 0 Å². The number of benzene rings is 1. The van der Waals surface area contributed by atoms with Gasteiger partial charge in [-0.25, -0.2) is 0 Å². The SMILES string of the molecule is Cc1ccc(C)c(NC(=O)COC(=O)CC2CCCC2)c1. The highest BCUT2D eigenvalue weighted by Gasteiger charge is 2.19. The van der Waals surface area contributed by atoms with E-state index in [0.717, 1.165) is 29.7 Å². The van der Waals surface area contributed by atoms with Gasteiger partial charge in [-0.1, -0.05) is 25.0 Å². The largest absolute Gasteiger partial charge is 0.456 e. The Kier molecular flexibility index (Phi) is 5.37. The van der Waals surface area contributed by atoms with E-state index in [0.29, 0.717) is 12.3 Å². The van der Waals surface area contributed by atoms with Gasteiger partial charge in [0.05, 0.1) is 0 Å². The molecular weight excluding hydrogens is 266 g/mol. The molecule has 0 spiro atoms. The van der Waals surface area contributed by atoms with Gasteiger partial charge in [0.25, 0.3) is 5.91 Å². The molecule has 2 rings (SSSR count).